The molecule has 4 rings (SSSR count). The predicted molar refractivity (Wildman–Crippen MR) is 90.7 cm³/mol. The molecule has 0 radical (unpaired) electrons. The van der Waals surface area contributed by atoms with Crippen LogP contribution in [-0.4, -0.2) is 26.9 Å². The molecule has 1 aromatic heterocycles. The van der Waals surface area contributed by atoms with Gasteiger partial charge in [-0.15, -0.1) is 10.2 Å². The number of amides is 2. The van der Waals surface area contributed by atoms with Crippen LogP contribution in [0.5, 0.6) is 0 Å². The molecule has 2 amide bonds. The number of nitrogens with zero attached hydrogens (tertiary/aromatic N) is 3. The standard InChI is InChI=1S/C18H12FN3O2S/c1-10(22-17(23)11-6-2-3-7-12(11)18(22)24)15-20-21-16(25-15)13-8-4-5-9-14(13)19/h2-10H,1H3. The van der Waals surface area contributed by atoms with Gasteiger partial charge in [-0.1, -0.05) is 35.6 Å². The lowest BCUT2D eigenvalue weighted by molar-refractivity contribution is 0.0594. The summed E-state index contributed by atoms with van der Waals surface area (Å²) in [5.74, 6) is -1.09. The van der Waals surface area contributed by atoms with Crippen LogP contribution in [0.3, 0.4) is 0 Å². The second-order valence-corrected chi connectivity index (χ2v) is 6.64. The quantitative estimate of drug-likeness (QED) is 0.674. The van der Waals surface area contributed by atoms with Gasteiger partial charge >= 0.3 is 0 Å². The Morgan fingerprint density at radius 3 is 2.08 bits per heavy atom. The van der Waals surface area contributed by atoms with Gasteiger partial charge < -0.3 is 0 Å². The number of imide groups is 1. The smallest absolute Gasteiger partial charge is 0.262 e. The van der Waals surface area contributed by atoms with E-state index in [1.54, 1.807) is 49.4 Å². The Morgan fingerprint density at radius 1 is 0.920 bits per heavy atom. The van der Waals surface area contributed by atoms with E-state index >= 15 is 0 Å². The van der Waals surface area contributed by atoms with Crippen molar-refractivity contribution in [2.75, 3.05) is 0 Å². The van der Waals surface area contributed by atoms with Gasteiger partial charge in [0.25, 0.3) is 11.8 Å². The van der Waals surface area contributed by atoms with Crippen molar-refractivity contribution in [1.29, 1.82) is 0 Å². The minimum absolute atomic E-state index is 0.348. The van der Waals surface area contributed by atoms with Gasteiger partial charge in [0.2, 0.25) is 0 Å². The molecule has 2 aromatic carbocycles. The molecule has 1 unspecified atom stereocenters. The first kappa shape index (κ1) is 15.6. The lowest BCUT2D eigenvalue weighted by Gasteiger charge is -2.19. The van der Waals surface area contributed by atoms with E-state index in [0.29, 0.717) is 26.7 Å². The Bertz CT molecular complexity index is 966. The first-order valence-electron chi connectivity index (χ1n) is 7.63. The molecule has 0 aliphatic carbocycles. The molecule has 1 atom stereocenters. The van der Waals surface area contributed by atoms with Gasteiger partial charge in [0.1, 0.15) is 10.8 Å². The zero-order valence-electron chi connectivity index (χ0n) is 13.1. The summed E-state index contributed by atoms with van der Waals surface area (Å²) in [7, 11) is 0. The molecular weight excluding hydrogens is 341 g/mol. The average molecular weight is 353 g/mol. The van der Waals surface area contributed by atoms with Crippen molar-refractivity contribution in [3.8, 4) is 10.6 Å². The Hall–Kier alpha value is -2.93. The fourth-order valence-corrected chi connectivity index (χ4v) is 3.73. The third-order valence-electron chi connectivity index (χ3n) is 4.12. The van der Waals surface area contributed by atoms with Crippen molar-refractivity contribution in [2.24, 2.45) is 0 Å². The number of carbonyl (C=O) groups excluding carboxylic acids is 2. The van der Waals surface area contributed by atoms with Gasteiger partial charge in [-0.25, -0.2) is 4.39 Å². The van der Waals surface area contributed by atoms with Crippen LogP contribution < -0.4 is 0 Å². The molecule has 124 valence electrons. The third kappa shape index (κ3) is 2.44. The van der Waals surface area contributed by atoms with Gasteiger partial charge in [-0.2, -0.15) is 0 Å². The summed E-state index contributed by atoms with van der Waals surface area (Å²) >= 11 is 1.17. The van der Waals surface area contributed by atoms with Gasteiger partial charge in [0.05, 0.1) is 17.2 Å². The summed E-state index contributed by atoms with van der Waals surface area (Å²) in [6.07, 6.45) is 0. The van der Waals surface area contributed by atoms with Crippen LogP contribution in [0.1, 0.15) is 38.7 Å². The van der Waals surface area contributed by atoms with E-state index < -0.39 is 11.9 Å². The molecule has 0 fully saturated rings. The molecule has 0 saturated heterocycles. The molecule has 0 spiro atoms. The molecule has 3 aromatic rings. The van der Waals surface area contributed by atoms with E-state index in [4.69, 9.17) is 0 Å². The van der Waals surface area contributed by atoms with Crippen molar-refractivity contribution in [2.45, 2.75) is 13.0 Å². The Kier molecular flexibility index (Phi) is 3.65. The van der Waals surface area contributed by atoms with Crippen LogP contribution in [0.2, 0.25) is 0 Å². The van der Waals surface area contributed by atoms with Crippen molar-refractivity contribution < 1.29 is 14.0 Å². The van der Waals surface area contributed by atoms with Crippen LogP contribution in [-0.2, 0) is 0 Å². The highest BCUT2D eigenvalue weighted by Crippen LogP contribution is 2.34. The minimum Gasteiger partial charge on any atom is -0.269 e. The molecule has 5 nitrogen and oxygen atoms in total. The third-order valence-corrected chi connectivity index (χ3v) is 5.24. The van der Waals surface area contributed by atoms with E-state index in [1.165, 1.54) is 22.3 Å². The largest absolute Gasteiger partial charge is 0.269 e. The lowest BCUT2D eigenvalue weighted by Crippen LogP contribution is -2.32. The summed E-state index contributed by atoms with van der Waals surface area (Å²) in [4.78, 5) is 26.3. The number of rotatable bonds is 3. The topological polar surface area (TPSA) is 63.2 Å². The second kappa shape index (κ2) is 5.86. The lowest BCUT2D eigenvalue weighted by atomic mass is 10.1. The molecule has 7 heteroatoms. The van der Waals surface area contributed by atoms with Gasteiger partial charge in [0.15, 0.2) is 5.01 Å². The number of hydrogen-bond acceptors (Lipinski definition) is 5. The first-order valence-corrected chi connectivity index (χ1v) is 8.45. The highest BCUT2D eigenvalue weighted by Gasteiger charge is 2.39. The molecule has 1 aliphatic rings. The highest BCUT2D eigenvalue weighted by atomic mass is 32.1. The van der Waals surface area contributed by atoms with Crippen molar-refractivity contribution in [1.82, 2.24) is 15.1 Å². The molecule has 0 N–H and O–H groups in total. The van der Waals surface area contributed by atoms with Crippen molar-refractivity contribution >= 4 is 23.2 Å². The monoisotopic (exact) mass is 353 g/mol. The summed E-state index contributed by atoms with van der Waals surface area (Å²) < 4.78 is 13.9. The van der Waals surface area contributed by atoms with Crippen LogP contribution in [0.4, 0.5) is 4.39 Å². The van der Waals surface area contributed by atoms with Crippen LogP contribution in [0.15, 0.2) is 48.5 Å². The zero-order valence-corrected chi connectivity index (χ0v) is 14.0. The maximum Gasteiger partial charge on any atom is 0.262 e. The van der Waals surface area contributed by atoms with E-state index in [-0.39, 0.29) is 11.8 Å². The molecular formula is C18H12FN3O2S. The van der Waals surface area contributed by atoms with Crippen LogP contribution >= 0.6 is 11.3 Å². The Balaban J connectivity index is 1.67. The predicted octanol–water partition coefficient (Wildman–Crippen LogP) is 3.70. The second-order valence-electron chi connectivity index (χ2n) is 5.63. The first-order chi connectivity index (χ1) is 12.1. The molecule has 1 aliphatic heterocycles. The van der Waals surface area contributed by atoms with Crippen molar-refractivity contribution in [3.63, 3.8) is 0 Å². The minimum atomic E-state index is -0.578. The Labute approximate surface area is 146 Å². The van der Waals surface area contributed by atoms with E-state index in [1.807, 2.05) is 0 Å². The van der Waals surface area contributed by atoms with Crippen molar-refractivity contribution in [3.05, 3.63) is 70.5 Å². The molecule has 0 bridgehead atoms. The molecule has 25 heavy (non-hydrogen) atoms. The van der Waals surface area contributed by atoms with Crippen LogP contribution in [0.25, 0.3) is 10.6 Å². The number of halogens is 1. The van der Waals surface area contributed by atoms with Gasteiger partial charge in [0, 0.05) is 5.56 Å². The number of benzene rings is 2. The van der Waals surface area contributed by atoms with E-state index in [0.717, 1.165) is 0 Å². The van der Waals surface area contributed by atoms with Crippen LogP contribution in [0, 0.1) is 5.82 Å². The van der Waals surface area contributed by atoms with Gasteiger partial charge in [-0.05, 0) is 31.2 Å². The number of fused-ring (bicyclic) bond motifs is 1. The highest BCUT2D eigenvalue weighted by molar-refractivity contribution is 7.14. The van der Waals surface area contributed by atoms with E-state index in [9.17, 15) is 14.0 Å². The molecule has 2 heterocycles. The fourth-order valence-electron chi connectivity index (χ4n) is 2.82. The number of hydrogen-bond donors (Lipinski definition) is 0. The number of aromatic nitrogens is 2. The average Bonchev–Trinajstić information content (AvgIpc) is 3.20. The van der Waals surface area contributed by atoms with Gasteiger partial charge in [-0.3, -0.25) is 14.5 Å². The fraction of sp³-hybridized carbons (Fsp3) is 0.111. The van der Waals surface area contributed by atoms with E-state index in [2.05, 4.69) is 10.2 Å². The normalized spacial score (nSPS) is 14.7. The summed E-state index contributed by atoms with van der Waals surface area (Å²) in [6, 6.07) is 12.4. The SMILES string of the molecule is CC(c1nnc(-c2ccccc2F)s1)N1C(=O)c2ccccc2C1=O. The summed E-state index contributed by atoms with van der Waals surface area (Å²) in [5, 5.41) is 8.98. The summed E-state index contributed by atoms with van der Waals surface area (Å²) in [5.41, 5.74) is 1.12. The number of carbonyl (C=O) groups is 2. The maximum absolute atomic E-state index is 13.9. The maximum atomic E-state index is 13.9. The Morgan fingerprint density at radius 2 is 1.48 bits per heavy atom. The molecule has 0 saturated carbocycles. The zero-order chi connectivity index (χ0) is 17.6. The summed E-state index contributed by atoms with van der Waals surface area (Å²) in [6.45, 7) is 1.72.